The Morgan fingerprint density at radius 3 is 2.43 bits per heavy atom. The van der Waals surface area contributed by atoms with E-state index < -0.39 is 5.60 Å². The normalized spacial score (nSPS) is 15.8. The van der Waals surface area contributed by atoms with Crippen molar-refractivity contribution in [2.75, 3.05) is 46.3 Å². The highest BCUT2D eigenvalue weighted by Gasteiger charge is 2.25. The second-order valence-corrected chi connectivity index (χ2v) is 9.05. The predicted octanol–water partition coefficient (Wildman–Crippen LogP) is 2.89. The van der Waals surface area contributed by atoms with Gasteiger partial charge in [0.15, 0.2) is 5.96 Å². The number of rotatable bonds is 5. The van der Waals surface area contributed by atoms with Crippen molar-refractivity contribution >= 4 is 47.4 Å². The Morgan fingerprint density at radius 1 is 1.21 bits per heavy atom. The summed E-state index contributed by atoms with van der Waals surface area (Å²) in [4.78, 5) is 23.1. The highest BCUT2D eigenvalue weighted by Crippen LogP contribution is 2.14. The molecule has 0 saturated carbocycles. The summed E-state index contributed by atoms with van der Waals surface area (Å²) in [6, 6.07) is 4.28. The zero-order chi connectivity index (χ0) is 19.9. The standard InChI is InChI=1S/C19H33N5O2S.HI/c1-15-6-7-16(27-15)14-22-17(20-5)21-8-9-23-10-12-24(13-11-23)18(25)26-19(2,3)4;/h6-7H,8-14H2,1-5H3,(H2,20,21,22);1H. The minimum absolute atomic E-state index is 0. The summed E-state index contributed by atoms with van der Waals surface area (Å²) in [6.07, 6.45) is -0.214. The molecule has 1 amide bonds. The Morgan fingerprint density at radius 2 is 1.89 bits per heavy atom. The molecule has 2 rings (SSSR count). The van der Waals surface area contributed by atoms with Crippen molar-refractivity contribution in [3.05, 3.63) is 21.9 Å². The van der Waals surface area contributed by atoms with Gasteiger partial charge in [-0.25, -0.2) is 4.79 Å². The topological polar surface area (TPSA) is 69.2 Å². The second kappa shape index (κ2) is 11.8. The number of carbonyl (C=O) groups excluding carboxylic acids is 1. The molecule has 1 aromatic rings. The van der Waals surface area contributed by atoms with Crippen LogP contribution in [0.5, 0.6) is 0 Å². The number of halogens is 1. The molecule has 1 fully saturated rings. The number of amides is 1. The molecule has 0 aliphatic carbocycles. The highest BCUT2D eigenvalue weighted by molar-refractivity contribution is 14.0. The molecule has 0 aromatic carbocycles. The zero-order valence-electron chi connectivity index (χ0n) is 17.6. The quantitative estimate of drug-likeness (QED) is 0.353. The molecule has 0 unspecified atom stereocenters. The van der Waals surface area contributed by atoms with Crippen LogP contribution in [0.2, 0.25) is 0 Å². The van der Waals surface area contributed by atoms with Crippen LogP contribution in [-0.4, -0.2) is 73.8 Å². The van der Waals surface area contributed by atoms with E-state index in [0.717, 1.165) is 38.7 Å². The van der Waals surface area contributed by atoms with Gasteiger partial charge in [-0.05, 0) is 39.8 Å². The van der Waals surface area contributed by atoms with Crippen LogP contribution in [0.15, 0.2) is 17.1 Å². The van der Waals surface area contributed by atoms with Crippen LogP contribution in [0, 0.1) is 6.92 Å². The van der Waals surface area contributed by atoms with Gasteiger partial charge in [0.25, 0.3) is 0 Å². The van der Waals surface area contributed by atoms with Crippen LogP contribution in [0.4, 0.5) is 4.79 Å². The maximum Gasteiger partial charge on any atom is 0.410 e. The van der Waals surface area contributed by atoms with E-state index >= 15 is 0 Å². The van der Waals surface area contributed by atoms with Crippen molar-refractivity contribution in [1.29, 1.82) is 0 Å². The van der Waals surface area contributed by atoms with E-state index in [1.165, 1.54) is 9.75 Å². The van der Waals surface area contributed by atoms with Gasteiger partial charge >= 0.3 is 6.09 Å². The summed E-state index contributed by atoms with van der Waals surface area (Å²) in [5.41, 5.74) is -0.442. The lowest BCUT2D eigenvalue weighted by molar-refractivity contribution is 0.0147. The first-order valence-corrected chi connectivity index (χ1v) is 10.3. The number of nitrogens with one attached hydrogen (secondary N) is 2. The number of hydrogen-bond acceptors (Lipinski definition) is 5. The summed E-state index contributed by atoms with van der Waals surface area (Å²) in [5, 5.41) is 6.70. The smallest absolute Gasteiger partial charge is 0.410 e. The van der Waals surface area contributed by atoms with Gasteiger partial charge in [-0.15, -0.1) is 35.3 Å². The van der Waals surface area contributed by atoms with Gasteiger partial charge in [0.2, 0.25) is 0 Å². The third-order valence-corrected chi connectivity index (χ3v) is 5.19. The van der Waals surface area contributed by atoms with Gasteiger partial charge in [-0.1, -0.05) is 0 Å². The van der Waals surface area contributed by atoms with Crippen LogP contribution < -0.4 is 10.6 Å². The van der Waals surface area contributed by atoms with Crippen molar-refractivity contribution in [2.45, 2.75) is 39.8 Å². The number of piperazine rings is 1. The summed E-state index contributed by atoms with van der Waals surface area (Å²) >= 11 is 1.80. The molecule has 2 N–H and O–H groups in total. The lowest BCUT2D eigenvalue weighted by atomic mass is 10.2. The molecule has 2 heterocycles. The van der Waals surface area contributed by atoms with Crippen molar-refractivity contribution in [1.82, 2.24) is 20.4 Å². The molecule has 1 aromatic heterocycles. The molecular formula is C19H34IN5O2S. The van der Waals surface area contributed by atoms with Crippen LogP contribution >= 0.6 is 35.3 Å². The molecule has 1 saturated heterocycles. The molecule has 1 aliphatic heterocycles. The van der Waals surface area contributed by atoms with E-state index in [0.29, 0.717) is 13.1 Å². The van der Waals surface area contributed by atoms with Gasteiger partial charge < -0.3 is 20.3 Å². The first kappa shape index (κ1) is 25.0. The van der Waals surface area contributed by atoms with E-state index in [1.54, 1.807) is 23.3 Å². The lowest BCUT2D eigenvalue weighted by Crippen LogP contribution is -2.51. The monoisotopic (exact) mass is 523 g/mol. The van der Waals surface area contributed by atoms with Crippen molar-refractivity contribution < 1.29 is 9.53 Å². The van der Waals surface area contributed by atoms with Crippen LogP contribution in [-0.2, 0) is 11.3 Å². The van der Waals surface area contributed by atoms with Gasteiger partial charge in [0.1, 0.15) is 5.60 Å². The average molecular weight is 523 g/mol. The second-order valence-electron chi connectivity index (χ2n) is 7.67. The van der Waals surface area contributed by atoms with E-state index in [1.807, 2.05) is 20.8 Å². The van der Waals surface area contributed by atoms with Crippen LogP contribution in [0.3, 0.4) is 0 Å². The van der Waals surface area contributed by atoms with Gasteiger partial charge in [0.05, 0.1) is 6.54 Å². The Hall–Kier alpha value is -1.07. The summed E-state index contributed by atoms with van der Waals surface area (Å²) in [6.45, 7) is 13.5. The predicted molar refractivity (Wildman–Crippen MR) is 127 cm³/mol. The van der Waals surface area contributed by atoms with Crippen LogP contribution in [0.25, 0.3) is 0 Å². The number of aliphatic imine (C=N–C) groups is 1. The molecule has 7 nitrogen and oxygen atoms in total. The number of guanidine groups is 1. The molecule has 0 spiro atoms. The lowest BCUT2D eigenvalue weighted by Gasteiger charge is -2.35. The zero-order valence-corrected chi connectivity index (χ0v) is 20.7. The number of carbonyl (C=O) groups is 1. The Balaban J connectivity index is 0.00000392. The number of ether oxygens (including phenoxy) is 1. The van der Waals surface area contributed by atoms with Gasteiger partial charge in [-0.3, -0.25) is 9.89 Å². The van der Waals surface area contributed by atoms with E-state index in [4.69, 9.17) is 4.74 Å². The Kier molecular flexibility index (Phi) is 10.5. The fourth-order valence-corrected chi connectivity index (χ4v) is 3.61. The number of nitrogens with zero attached hydrogens (tertiary/aromatic N) is 3. The molecular weight excluding hydrogens is 489 g/mol. The van der Waals surface area contributed by atoms with Crippen LogP contribution in [0.1, 0.15) is 30.5 Å². The summed E-state index contributed by atoms with van der Waals surface area (Å²) in [5.74, 6) is 0.813. The third kappa shape index (κ3) is 8.95. The first-order valence-electron chi connectivity index (χ1n) is 9.47. The Labute approximate surface area is 189 Å². The minimum atomic E-state index is -0.442. The van der Waals surface area contributed by atoms with E-state index in [2.05, 4.69) is 39.6 Å². The van der Waals surface area contributed by atoms with Crippen molar-refractivity contribution in [3.8, 4) is 0 Å². The molecule has 0 atom stereocenters. The maximum atomic E-state index is 12.1. The number of hydrogen-bond donors (Lipinski definition) is 2. The highest BCUT2D eigenvalue weighted by atomic mass is 127. The summed E-state index contributed by atoms with van der Waals surface area (Å²) in [7, 11) is 1.79. The van der Waals surface area contributed by atoms with E-state index in [-0.39, 0.29) is 30.1 Å². The molecule has 28 heavy (non-hydrogen) atoms. The van der Waals surface area contributed by atoms with E-state index in [9.17, 15) is 4.79 Å². The van der Waals surface area contributed by atoms with Gasteiger partial charge in [-0.2, -0.15) is 0 Å². The molecule has 0 radical (unpaired) electrons. The molecule has 9 heteroatoms. The number of thiophene rings is 1. The molecule has 1 aliphatic rings. The fraction of sp³-hybridized carbons (Fsp3) is 0.684. The third-order valence-electron chi connectivity index (χ3n) is 4.19. The molecule has 0 bridgehead atoms. The van der Waals surface area contributed by atoms with Gasteiger partial charge in [0, 0.05) is 56.1 Å². The SMILES string of the molecule is CN=C(NCCN1CCN(C(=O)OC(C)(C)C)CC1)NCc1ccc(C)s1.I. The minimum Gasteiger partial charge on any atom is -0.444 e. The first-order chi connectivity index (χ1) is 12.8. The summed E-state index contributed by atoms with van der Waals surface area (Å²) < 4.78 is 5.44. The largest absolute Gasteiger partial charge is 0.444 e. The van der Waals surface area contributed by atoms with Crippen molar-refractivity contribution in [3.63, 3.8) is 0 Å². The van der Waals surface area contributed by atoms with Crippen molar-refractivity contribution in [2.24, 2.45) is 4.99 Å². The average Bonchev–Trinajstić information content (AvgIpc) is 3.02. The maximum absolute atomic E-state index is 12.1. The Bertz CT molecular complexity index is 637. The molecule has 160 valence electrons. The number of aryl methyl sites for hydroxylation is 1. The fourth-order valence-electron chi connectivity index (χ4n) is 2.78.